The van der Waals surface area contributed by atoms with E-state index in [1.807, 2.05) is 42.5 Å². The molecule has 0 saturated carbocycles. The Morgan fingerprint density at radius 2 is 1.75 bits per heavy atom. The summed E-state index contributed by atoms with van der Waals surface area (Å²) in [5.41, 5.74) is 2.20. The summed E-state index contributed by atoms with van der Waals surface area (Å²) in [7, 11) is 0. The van der Waals surface area contributed by atoms with Crippen LogP contribution in [0.15, 0.2) is 71.7 Å². The molecule has 0 N–H and O–H groups in total. The molecular formula is C17H15NO2. The molecule has 2 aromatic carbocycles. The van der Waals surface area contributed by atoms with Gasteiger partial charge in [0.25, 0.3) is 0 Å². The van der Waals surface area contributed by atoms with Gasteiger partial charge in [0.15, 0.2) is 0 Å². The number of hydrogen-bond acceptors (Lipinski definition) is 3. The van der Waals surface area contributed by atoms with E-state index in [1.54, 1.807) is 25.3 Å². The molecule has 0 heterocycles. The molecule has 0 bridgehead atoms. The van der Waals surface area contributed by atoms with Crippen molar-refractivity contribution in [3.8, 4) is 5.75 Å². The molecule has 3 heteroatoms. The van der Waals surface area contributed by atoms with Crippen LogP contribution >= 0.6 is 0 Å². The molecule has 0 atom stereocenters. The Morgan fingerprint density at radius 3 is 2.35 bits per heavy atom. The second-order valence-electron chi connectivity index (χ2n) is 4.33. The molecule has 0 spiro atoms. The van der Waals surface area contributed by atoms with Crippen LogP contribution in [0.2, 0.25) is 0 Å². The topological polar surface area (TPSA) is 38.7 Å². The van der Waals surface area contributed by atoms with Gasteiger partial charge in [0.1, 0.15) is 5.75 Å². The Hall–Kier alpha value is -2.68. The lowest BCUT2D eigenvalue weighted by atomic mass is 10.2. The van der Waals surface area contributed by atoms with Crippen LogP contribution in [0.1, 0.15) is 12.5 Å². The molecule has 0 radical (unpaired) electrons. The van der Waals surface area contributed by atoms with Crippen molar-refractivity contribution in [1.29, 1.82) is 0 Å². The number of benzene rings is 2. The van der Waals surface area contributed by atoms with Gasteiger partial charge in [0, 0.05) is 11.8 Å². The number of carbonyl (C=O) groups excluding carboxylic acids is 1. The number of para-hydroxylation sites is 1. The third kappa shape index (κ3) is 3.92. The number of carbonyl (C=O) groups is 1. The predicted octanol–water partition coefficient (Wildman–Crippen LogP) is 3.92. The molecule has 0 saturated heterocycles. The highest BCUT2D eigenvalue weighted by atomic mass is 16.5. The molecule has 0 unspecified atom stereocenters. The number of ether oxygens (including phenoxy) is 1. The van der Waals surface area contributed by atoms with Crippen molar-refractivity contribution >= 4 is 17.9 Å². The lowest BCUT2D eigenvalue weighted by molar-refractivity contribution is -0.130. The number of esters is 1. The van der Waals surface area contributed by atoms with E-state index in [0.29, 0.717) is 11.3 Å². The number of nitrogens with zero attached hydrogens (tertiary/aromatic N) is 1. The van der Waals surface area contributed by atoms with Crippen LogP contribution in [0.25, 0.3) is 0 Å². The third-order valence-corrected chi connectivity index (χ3v) is 2.56. The number of aliphatic imine (C=N–C) groups is 1. The van der Waals surface area contributed by atoms with Crippen molar-refractivity contribution in [2.45, 2.75) is 6.92 Å². The van der Waals surface area contributed by atoms with Gasteiger partial charge in [0.05, 0.1) is 5.69 Å². The Balaban J connectivity index is 2.03. The molecule has 0 aromatic heterocycles. The van der Waals surface area contributed by atoms with E-state index in [4.69, 9.17) is 4.74 Å². The fraction of sp³-hybridized carbons (Fsp3) is 0.0588. The Labute approximate surface area is 118 Å². The lowest BCUT2D eigenvalue weighted by Gasteiger charge is -2.03. The van der Waals surface area contributed by atoms with Crippen LogP contribution in [-0.4, -0.2) is 12.2 Å². The zero-order valence-electron chi connectivity index (χ0n) is 11.2. The first-order valence-electron chi connectivity index (χ1n) is 6.22. The van der Waals surface area contributed by atoms with E-state index >= 15 is 0 Å². The molecule has 2 aromatic rings. The largest absolute Gasteiger partial charge is 0.423 e. The van der Waals surface area contributed by atoms with Gasteiger partial charge >= 0.3 is 5.97 Å². The van der Waals surface area contributed by atoms with Crippen LogP contribution in [0.3, 0.4) is 0 Å². The molecule has 3 nitrogen and oxygen atoms in total. The lowest BCUT2D eigenvalue weighted by Crippen LogP contribution is -2.07. The molecule has 0 aliphatic heterocycles. The summed E-state index contributed by atoms with van der Waals surface area (Å²) in [6.07, 6.45) is 1.76. The Kier molecular flexibility index (Phi) is 4.45. The van der Waals surface area contributed by atoms with Crippen LogP contribution in [-0.2, 0) is 4.79 Å². The Morgan fingerprint density at radius 1 is 1.10 bits per heavy atom. The van der Waals surface area contributed by atoms with Crippen LogP contribution in [0.4, 0.5) is 5.69 Å². The highest BCUT2D eigenvalue weighted by molar-refractivity contribution is 5.89. The first-order chi connectivity index (χ1) is 9.65. The summed E-state index contributed by atoms with van der Waals surface area (Å²) in [4.78, 5) is 15.7. The third-order valence-electron chi connectivity index (χ3n) is 2.56. The average molecular weight is 265 g/mol. The van der Waals surface area contributed by atoms with Gasteiger partial charge in [-0.05, 0) is 48.9 Å². The highest BCUT2D eigenvalue weighted by Crippen LogP contribution is 2.14. The number of rotatable bonds is 4. The monoisotopic (exact) mass is 265 g/mol. The van der Waals surface area contributed by atoms with Crippen molar-refractivity contribution in [2.24, 2.45) is 4.99 Å². The minimum absolute atomic E-state index is 0.375. The minimum atomic E-state index is -0.421. The number of hydrogen-bond donors (Lipinski definition) is 0. The quantitative estimate of drug-likeness (QED) is 0.364. The van der Waals surface area contributed by atoms with E-state index < -0.39 is 5.97 Å². The van der Waals surface area contributed by atoms with E-state index in [1.165, 1.54) is 0 Å². The minimum Gasteiger partial charge on any atom is -0.423 e. The molecule has 20 heavy (non-hydrogen) atoms. The van der Waals surface area contributed by atoms with E-state index in [2.05, 4.69) is 11.6 Å². The van der Waals surface area contributed by atoms with Crippen molar-refractivity contribution < 1.29 is 9.53 Å². The fourth-order valence-corrected chi connectivity index (χ4v) is 1.48. The first-order valence-corrected chi connectivity index (χ1v) is 6.22. The zero-order chi connectivity index (χ0) is 14.4. The smallest absolute Gasteiger partial charge is 0.338 e. The highest BCUT2D eigenvalue weighted by Gasteiger charge is 2.04. The summed E-state index contributed by atoms with van der Waals surface area (Å²) in [5.74, 6) is 0.0746. The fourth-order valence-electron chi connectivity index (χ4n) is 1.48. The predicted molar refractivity (Wildman–Crippen MR) is 80.6 cm³/mol. The normalized spacial score (nSPS) is 10.4. The molecule has 2 rings (SSSR count). The van der Waals surface area contributed by atoms with Crippen molar-refractivity contribution in [2.75, 3.05) is 0 Å². The van der Waals surface area contributed by atoms with Gasteiger partial charge in [-0.15, -0.1) is 0 Å². The summed E-state index contributed by atoms with van der Waals surface area (Å²) in [5, 5.41) is 0. The molecule has 0 amide bonds. The van der Waals surface area contributed by atoms with Crippen LogP contribution in [0, 0.1) is 0 Å². The van der Waals surface area contributed by atoms with Gasteiger partial charge in [-0.3, -0.25) is 4.99 Å². The van der Waals surface area contributed by atoms with Gasteiger partial charge in [-0.1, -0.05) is 24.8 Å². The molecule has 100 valence electrons. The van der Waals surface area contributed by atoms with Gasteiger partial charge in [-0.2, -0.15) is 0 Å². The van der Waals surface area contributed by atoms with E-state index in [9.17, 15) is 4.79 Å². The van der Waals surface area contributed by atoms with Crippen LogP contribution in [0.5, 0.6) is 5.75 Å². The maximum atomic E-state index is 11.4. The SMILES string of the molecule is C=C(C)C(=O)Oc1ccc(C=Nc2ccccc2)cc1. The maximum Gasteiger partial charge on any atom is 0.338 e. The maximum absolute atomic E-state index is 11.4. The molecule has 0 aliphatic carbocycles. The first kappa shape index (κ1) is 13.7. The summed E-state index contributed by atoms with van der Waals surface area (Å²) in [6, 6.07) is 16.8. The molecule has 0 aliphatic rings. The molecule has 0 fully saturated rings. The van der Waals surface area contributed by atoms with Crippen LogP contribution < -0.4 is 4.74 Å². The van der Waals surface area contributed by atoms with Gasteiger partial charge in [0.2, 0.25) is 0 Å². The Bertz CT molecular complexity index is 628. The standard InChI is InChI=1S/C17H15NO2/c1-13(2)17(19)20-16-10-8-14(9-11-16)12-18-15-6-4-3-5-7-15/h3-12H,1H2,2H3. The second kappa shape index (κ2) is 6.48. The summed E-state index contributed by atoms with van der Waals surface area (Å²) < 4.78 is 5.11. The second-order valence-corrected chi connectivity index (χ2v) is 4.33. The summed E-state index contributed by atoms with van der Waals surface area (Å²) in [6.45, 7) is 5.15. The van der Waals surface area contributed by atoms with Gasteiger partial charge < -0.3 is 4.74 Å². The summed E-state index contributed by atoms with van der Waals surface area (Å²) >= 11 is 0. The van der Waals surface area contributed by atoms with Crippen molar-refractivity contribution in [1.82, 2.24) is 0 Å². The zero-order valence-corrected chi connectivity index (χ0v) is 11.2. The van der Waals surface area contributed by atoms with Crippen molar-refractivity contribution in [3.63, 3.8) is 0 Å². The van der Waals surface area contributed by atoms with Crippen molar-refractivity contribution in [3.05, 3.63) is 72.3 Å². The van der Waals surface area contributed by atoms with E-state index in [0.717, 1.165) is 11.3 Å². The van der Waals surface area contributed by atoms with Gasteiger partial charge in [-0.25, -0.2) is 4.79 Å². The molecular weight excluding hydrogens is 250 g/mol. The average Bonchev–Trinajstić information content (AvgIpc) is 2.47. The van der Waals surface area contributed by atoms with E-state index in [-0.39, 0.29) is 0 Å².